The van der Waals surface area contributed by atoms with Crippen molar-refractivity contribution < 1.29 is 18.0 Å². The van der Waals surface area contributed by atoms with Crippen LogP contribution >= 0.6 is 0 Å². The lowest BCUT2D eigenvalue weighted by molar-refractivity contribution is -0.137. The van der Waals surface area contributed by atoms with Gasteiger partial charge in [0.25, 0.3) is 0 Å². The molecule has 1 aliphatic heterocycles. The second-order valence-electron chi connectivity index (χ2n) is 7.86. The Labute approximate surface area is 181 Å². The molecule has 1 fully saturated rings. The molecule has 0 radical (unpaired) electrons. The van der Waals surface area contributed by atoms with Crippen molar-refractivity contribution in [3.63, 3.8) is 0 Å². The van der Waals surface area contributed by atoms with Crippen LogP contribution in [-0.2, 0) is 11.0 Å². The summed E-state index contributed by atoms with van der Waals surface area (Å²) in [4.78, 5) is 20.9. The first-order chi connectivity index (χ1) is 14.8. The van der Waals surface area contributed by atoms with Crippen molar-refractivity contribution in [2.24, 2.45) is 0 Å². The molecular weight excluding hydrogens is 405 g/mol. The average molecular weight is 435 g/mol. The summed E-state index contributed by atoms with van der Waals surface area (Å²) in [5.41, 5.74) is 0.350. The molecule has 31 heavy (non-hydrogen) atoms. The fourth-order valence-corrected chi connectivity index (χ4v) is 3.83. The monoisotopic (exact) mass is 434 g/mol. The molecule has 0 spiro atoms. The van der Waals surface area contributed by atoms with E-state index in [4.69, 9.17) is 0 Å². The van der Waals surface area contributed by atoms with Gasteiger partial charge in [-0.15, -0.1) is 0 Å². The first-order valence-electron chi connectivity index (χ1n) is 10.7. The normalized spacial score (nSPS) is 17.3. The first-order valence-corrected chi connectivity index (χ1v) is 10.7. The van der Waals surface area contributed by atoms with E-state index in [0.717, 1.165) is 30.7 Å². The lowest BCUT2D eigenvalue weighted by Crippen LogP contribution is -2.54. The number of nitrogens with zero attached hydrogens (tertiary/aromatic N) is 3. The number of pyridine rings is 1. The van der Waals surface area contributed by atoms with Crippen LogP contribution in [0.2, 0.25) is 0 Å². The fraction of sp³-hybridized carbons (Fsp3) is 0.478. The molecule has 1 saturated heterocycles. The predicted molar refractivity (Wildman–Crippen MR) is 115 cm³/mol. The van der Waals surface area contributed by atoms with Crippen LogP contribution in [0, 0.1) is 0 Å². The summed E-state index contributed by atoms with van der Waals surface area (Å²) in [6, 6.07) is 12.1. The van der Waals surface area contributed by atoms with Gasteiger partial charge in [-0.25, -0.2) is 4.98 Å². The summed E-state index contributed by atoms with van der Waals surface area (Å²) in [6.45, 7) is 6.48. The number of anilines is 1. The average Bonchev–Trinajstić information content (AvgIpc) is 2.78. The molecule has 168 valence electrons. The Morgan fingerprint density at radius 3 is 2.32 bits per heavy atom. The number of halogens is 3. The number of hydrogen-bond acceptors (Lipinski definition) is 4. The summed E-state index contributed by atoms with van der Waals surface area (Å²) < 4.78 is 38.2. The van der Waals surface area contributed by atoms with E-state index in [1.54, 1.807) is 0 Å². The van der Waals surface area contributed by atoms with Crippen molar-refractivity contribution in [2.75, 3.05) is 31.1 Å². The lowest BCUT2D eigenvalue weighted by Gasteiger charge is -2.38. The first kappa shape index (κ1) is 23.1. The Morgan fingerprint density at radius 2 is 1.77 bits per heavy atom. The Morgan fingerprint density at radius 1 is 1.10 bits per heavy atom. The Bertz CT molecular complexity index is 834. The molecule has 2 aromatic rings. The van der Waals surface area contributed by atoms with E-state index < -0.39 is 11.7 Å². The number of piperazine rings is 1. The molecule has 8 heteroatoms. The number of amides is 1. The number of nitrogens with one attached hydrogen (secondary N) is 1. The van der Waals surface area contributed by atoms with Gasteiger partial charge in [0.2, 0.25) is 5.91 Å². The topological polar surface area (TPSA) is 48.5 Å². The van der Waals surface area contributed by atoms with Crippen LogP contribution in [0.15, 0.2) is 48.7 Å². The maximum absolute atomic E-state index is 12.9. The Balaban J connectivity index is 1.55. The minimum Gasteiger partial charge on any atom is -0.354 e. The third kappa shape index (κ3) is 5.97. The van der Waals surface area contributed by atoms with Crippen molar-refractivity contribution in [1.29, 1.82) is 0 Å². The van der Waals surface area contributed by atoms with Gasteiger partial charge in [0.15, 0.2) is 0 Å². The number of carbonyl (C=O) groups is 1. The molecule has 1 aromatic heterocycles. The van der Waals surface area contributed by atoms with Gasteiger partial charge in [0.1, 0.15) is 5.82 Å². The zero-order chi connectivity index (χ0) is 22.4. The van der Waals surface area contributed by atoms with Crippen LogP contribution in [0.4, 0.5) is 19.0 Å². The van der Waals surface area contributed by atoms with Gasteiger partial charge in [0.05, 0.1) is 17.6 Å². The number of alkyl halides is 3. The minimum atomic E-state index is -4.39. The van der Waals surface area contributed by atoms with Crippen LogP contribution < -0.4 is 10.2 Å². The van der Waals surface area contributed by atoms with Gasteiger partial charge in [0, 0.05) is 32.4 Å². The molecule has 3 rings (SSSR count). The van der Waals surface area contributed by atoms with Gasteiger partial charge in [-0.05, 0) is 31.0 Å². The third-order valence-electron chi connectivity index (χ3n) is 5.74. The lowest BCUT2D eigenvalue weighted by atomic mass is 10.0. The van der Waals surface area contributed by atoms with E-state index in [9.17, 15) is 18.0 Å². The van der Waals surface area contributed by atoms with Crippen molar-refractivity contribution in [2.45, 2.75) is 44.9 Å². The molecular formula is C23H29F3N4O. The van der Waals surface area contributed by atoms with Crippen LogP contribution in [-0.4, -0.2) is 48.0 Å². The standard InChI is InChI=1S/C23H29F3N4O/c1-3-7-20(18-8-5-4-6-9-18)28-22(31)17(2)29-12-14-30(15-13-29)21-11-10-19(16-27-21)23(24,25)26/h4-6,8-11,16-17,20H,3,7,12-15H2,1-2H3,(H,28,31). The van der Waals surface area contributed by atoms with Gasteiger partial charge in [-0.2, -0.15) is 13.2 Å². The maximum Gasteiger partial charge on any atom is 0.417 e. The highest BCUT2D eigenvalue weighted by Crippen LogP contribution is 2.29. The number of hydrogen-bond donors (Lipinski definition) is 1. The minimum absolute atomic E-state index is 0.0107. The van der Waals surface area contributed by atoms with E-state index >= 15 is 0 Å². The molecule has 5 nitrogen and oxygen atoms in total. The fourth-order valence-electron chi connectivity index (χ4n) is 3.83. The summed E-state index contributed by atoms with van der Waals surface area (Å²) >= 11 is 0. The van der Waals surface area contributed by atoms with Crippen molar-refractivity contribution in [1.82, 2.24) is 15.2 Å². The van der Waals surface area contributed by atoms with Crippen LogP contribution in [0.3, 0.4) is 0 Å². The highest BCUT2D eigenvalue weighted by atomic mass is 19.4. The zero-order valence-corrected chi connectivity index (χ0v) is 17.9. The quantitative estimate of drug-likeness (QED) is 0.707. The van der Waals surface area contributed by atoms with E-state index in [-0.39, 0.29) is 18.0 Å². The highest BCUT2D eigenvalue weighted by Gasteiger charge is 2.31. The smallest absolute Gasteiger partial charge is 0.354 e. The Hall–Kier alpha value is -2.61. The van der Waals surface area contributed by atoms with Crippen molar-refractivity contribution >= 4 is 11.7 Å². The van der Waals surface area contributed by atoms with Gasteiger partial charge in [-0.3, -0.25) is 9.69 Å². The van der Waals surface area contributed by atoms with Crippen LogP contribution in [0.5, 0.6) is 0 Å². The molecule has 1 aliphatic rings. The van der Waals surface area contributed by atoms with Gasteiger partial charge >= 0.3 is 6.18 Å². The third-order valence-corrected chi connectivity index (χ3v) is 5.74. The number of carbonyl (C=O) groups excluding carboxylic acids is 1. The van der Waals surface area contributed by atoms with Gasteiger partial charge in [-0.1, -0.05) is 43.7 Å². The molecule has 1 N–H and O–H groups in total. The summed E-state index contributed by atoms with van der Waals surface area (Å²) in [6.07, 6.45) is -1.68. The van der Waals surface area contributed by atoms with Gasteiger partial charge < -0.3 is 10.2 Å². The van der Waals surface area contributed by atoms with Crippen molar-refractivity contribution in [3.8, 4) is 0 Å². The highest BCUT2D eigenvalue weighted by molar-refractivity contribution is 5.81. The van der Waals surface area contributed by atoms with E-state index in [2.05, 4.69) is 22.1 Å². The molecule has 0 bridgehead atoms. The molecule has 1 aromatic carbocycles. The predicted octanol–water partition coefficient (Wildman–Crippen LogP) is 4.27. The summed E-state index contributed by atoms with van der Waals surface area (Å²) in [5.74, 6) is 0.514. The number of benzene rings is 1. The molecule has 0 aliphatic carbocycles. The summed E-state index contributed by atoms with van der Waals surface area (Å²) in [5, 5.41) is 3.18. The number of rotatable bonds is 7. The largest absolute Gasteiger partial charge is 0.417 e. The molecule has 2 atom stereocenters. The van der Waals surface area contributed by atoms with E-state index in [1.807, 2.05) is 42.2 Å². The number of aromatic nitrogens is 1. The van der Waals surface area contributed by atoms with E-state index in [0.29, 0.717) is 32.0 Å². The zero-order valence-electron chi connectivity index (χ0n) is 17.9. The maximum atomic E-state index is 12.9. The van der Waals surface area contributed by atoms with E-state index in [1.165, 1.54) is 6.07 Å². The van der Waals surface area contributed by atoms with Crippen LogP contribution in [0.1, 0.15) is 43.9 Å². The molecule has 0 saturated carbocycles. The van der Waals surface area contributed by atoms with Crippen molar-refractivity contribution in [3.05, 3.63) is 59.8 Å². The van der Waals surface area contributed by atoms with Crippen LogP contribution in [0.25, 0.3) is 0 Å². The second kappa shape index (κ2) is 10.1. The Kier molecular flexibility index (Phi) is 7.54. The summed E-state index contributed by atoms with van der Waals surface area (Å²) in [7, 11) is 0. The molecule has 1 amide bonds. The molecule has 2 heterocycles. The SMILES string of the molecule is CCCC(NC(=O)C(C)N1CCN(c2ccc(C(F)(F)F)cn2)CC1)c1ccccc1. The second-order valence-corrected chi connectivity index (χ2v) is 7.86. The molecule has 2 unspecified atom stereocenters.